The van der Waals surface area contributed by atoms with Crippen molar-refractivity contribution in [3.63, 3.8) is 0 Å². The first kappa shape index (κ1) is 17.0. The number of carbonyl (C=O) groups is 1. The Morgan fingerprint density at radius 2 is 2.00 bits per heavy atom. The molecule has 0 bridgehead atoms. The summed E-state index contributed by atoms with van der Waals surface area (Å²) in [6, 6.07) is 1.75. The zero-order chi connectivity index (χ0) is 15.1. The molecular formula is C14H16Br2O4. The summed E-state index contributed by atoms with van der Waals surface area (Å²) in [5.74, 6) is 0.200. The molecule has 0 aromatic heterocycles. The van der Waals surface area contributed by atoms with Gasteiger partial charge in [0, 0.05) is 10.5 Å². The maximum atomic E-state index is 10.6. The van der Waals surface area contributed by atoms with Gasteiger partial charge < -0.3 is 14.6 Å². The Bertz CT molecular complexity index is 512. The lowest BCUT2D eigenvalue weighted by Gasteiger charge is -2.16. The standard InChI is InChI=1S/C14H16Br2O4/c1-3-7-20-14-10(19-4-2)8-9(5-6-11(17)18)12(15)13(14)16/h5-6,8H,3-4,7H2,1-2H3,(H,17,18)/b6-5+. The van der Waals surface area contributed by atoms with Crippen LogP contribution in [0.1, 0.15) is 25.8 Å². The molecule has 0 atom stereocenters. The molecular weight excluding hydrogens is 392 g/mol. The minimum absolute atomic E-state index is 0.499. The van der Waals surface area contributed by atoms with Crippen molar-refractivity contribution >= 4 is 43.9 Å². The Morgan fingerprint density at radius 3 is 2.55 bits per heavy atom. The van der Waals surface area contributed by atoms with E-state index in [0.29, 0.717) is 34.7 Å². The fourth-order valence-corrected chi connectivity index (χ4v) is 2.45. The molecule has 0 aliphatic rings. The lowest BCUT2D eigenvalue weighted by Crippen LogP contribution is -2.02. The molecule has 1 N–H and O–H groups in total. The average Bonchev–Trinajstić information content (AvgIpc) is 2.41. The van der Waals surface area contributed by atoms with Crippen LogP contribution in [0.15, 0.2) is 21.1 Å². The van der Waals surface area contributed by atoms with Crippen LogP contribution in [0.25, 0.3) is 6.08 Å². The van der Waals surface area contributed by atoms with E-state index in [1.54, 1.807) is 6.07 Å². The maximum absolute atomic E-state index is 10.6. The van der Waals surface area contributed by atoms with E-state index in [1.807, 2.05) is 13.8 Å². The predicted octanol–water partition coefficient (Wildman–Crippen LogP) is 4.50. The van der Waals surface area contributed by atoms with Crippen molar-refractivity contribution in [2.45, 2.75) is 20.3 Å². The largest absolute Gasteiger partial charge is 0.490 e. The number of benzene rings is 1. The van der Waals surface area contributed by atoms with Gasteiger partial charge in [-0.05, 0) is 62.9 Å². The number of halogens is 2. The molecule has 4 nitrogen and oxygen atoms in total. The van der Waals surface area contributed by atoms with Crippen LogP contribution in [0.2, 0.25) is 0 Å². The Morgan fingerprint density at radius 1 is 1.30 bits per heavy atom. The third-order valence-corrected chi connectivity index (χ3v) is 4.45. The zero-order valence-corrected chi connectivity index (χ0v) is 14.5. The molecule has 0 amide bonds. The molecule has 0 unspecified atom stereocenters. The molecule has 0 spiro atoms. The molecule has 20 heavy (non-hydrogen) atoms. The predicted molar refractivity (Wildman–Crippen MR) is 85.5 cm³/mol. The number of ether oxygens (including phenoxy) is 2. The third kappa shape index (κ3) is 4.52. The van der Waals surface area contributed by atoms with Crippen LogP contribution in [-0.4, -0.2) is 24.3 Å². The first-order valence-electron chi connectivity index (χ1n) is 6.19. The Labute approximate surface area is 135 Å². The van der Waals surface area contributed by atoms with Crippen LogP contribution in [0, 0.1) is 0 Å². The molecule has 0 saturated heterocycles. The van der Waals surface area contributed by atoms with Crippen molar-refractivity contribution in [2.24, 2.45) is 0 Å². The topological polar surface area (TPSA) is 55.8 Å². The van der Waals surface area contributed by atoms with E-state index in [-0.39, 0.29) is 0 Å². The van der Waals surface area contributed by atoms with Crippen LogP contribution in [0.4, 0.5) is 0 Å². The van der Waals surface area contributed by atoms with E-state index < -0.39 is 5.97 Å². The zero-order valence-electron chi connectivity index (χ0n) is 11.3. The minimum atomic E-state index is -1.00. The second-order valence-electron chi connectivity index (χ2n) is 3.87. The number of hydrogen-bond acceptors (Lipinski definition) is 3. The highest BCUT2D eigenvalue weighted by atomic mass is 79.9. The molecule has 0 radical (unpaired) electrons. The van der Waals surface area contributed by atoms with Crippen LogP contribution < -0.4 is 9.47 Å². The second-order valence-corrected chi connectivity index (χ2v) is 5.46. The first-order chi connectivity index (χ1) is 9.51. The number of carboxylic acid groups (broad SMARTS) is 1. The molecule has 0 aliphatic heterocycles. The molecule has 6 heteroatoms. The molecule has 0 heterocycles. The van der Waals surface area contributed by atoms with E-state index in [0.717, 1.165) is 17.0 Å². The van der Waals surface area contributed by atoms with Gasteiger partial charge in [0.1, 0.15) is 0 Å². The summed E-state index contributed by atoms with van der Waals surface area (Å²) in [6.45, 7) is 4.98. The molecule has 0 saturated carbocycles. The fourth-order valence-electron chi connectivity index (χ4n) is 1.49. The molecule has 1 aromatic carbocycles. The van der Waals surface area contributed by atoms with Crippen LogP contribution in [0.5, 0.6) is 11.5 Å². The van der Waals surface area contributed by atoms with E-state index in [2.05, 4.69) is 31.9 Å². The molecule has 0 fully saturated rings. The summed E-state index contributed by atoms with van der Waals surface area (Å²) in [7, 11) is 0. The summed E-state index contributed by atoms with van der Waals surface area (Å²) in [5.41, 5.74) is 0.701. The van der Waals surface area contributed by atoms with Gasteiger partial charge in [0.15, 0.2) is 11.5 Å². The van der Waals surface area contributed by atoms with Crippen LogP contribution >= 0.6 is 31.9 Å². The van der Waals surface area contributed by atoms with E-state index in [9.17, 15) is 4.79 Å². The van der Waals surface area contributed by atoms with E-state index in [1.165, 1.54) is 6.08 Å². The van der Waals surface area contributed by atoms with Gasteiger partial charge in [-0.15, -0.1) is 0 Å². The molecule has 1 rings (SSSR count). The number of carboxylic acids is 1. The van der Waals surface area contributed by atoms with Crippen molar-refractivity contribution in [2.75, 3.05) is 13.2 Å². The van der Waals surface area contributed by atoms with Crippen LogP contribution in [-0.2, 0) is 4.79 Å². The van der Waals surface area contributed by atoms with Gasteiger partial charge in [0.05, 0.1) is 17.7 Å². The van der Waals surface area contributed by atoms with Crippen molar-refractivity contribution in [3.8, 4) is 11.5 Å². The lowest BCUT2D eigenvalue weighted by molar-refractivity contribution is -0.131. The summed E-state index contributed by atoms with van der Waals surface area (Å²) in [6.07, 6.45) is 3.47. The Kier molecular flexibility index (Phi) is 7.09. The second kappa shape index (κ2) is 8.32. The maximum Gasteiger partial charge on any atom is 0.328 e. The van der Waals surface area contributed by atoms with Crippen molar-refractivity contribution in [1.82, 2.24) is 0 Å². The monoisotopic (exact) mass is 406 g/mol. The van der Waals surface area contributed by atoms with Gasteiger partial charge in [-0.25, -0.2) is 4.79 Å². The fraction of sp³-hybridized carbons (Fsp3) is 0.357. The smallest absolute Gasteiger partial charge is 0.328 e. The van der Waals surface area contributed by atoms with Gasteiger partial charge in [0.25, 0.3) is 0 Å². The summed E-state index contributed by atoms with van der Waals surface area (Å²) < 4.78 is 12.7. The first-order valence-corrected chi connectivity index (χ1v) is 7.78. The normalized spacial score (nSPS) is 10.8. The van der Waals surface area contributed by atoms with Gasteiger partial charge in [0.2, 0.25) is 0 Å². The van der Waals surface area contributed by atoms with Crippen LogP contribution in [0.3, 0.4) is 0 Å². The average molecular weight is 408 g/mol. The number of hydrogen-bond donors (Lipinski definition) is 1. The summed E-state index contributed by atoms with van der Waals surface area (Å²) >= 11 is 6.89. The Hall–Kier alpha value is -1.01. The number of aliphatic carboxylic acids is 1. The van der Waals surface area contributed by atoms with Gasteiger partial charge >= 0.3 is 5.97 Å². The van der Waals surface area contributed by atoms with E-state index in [4.69, 9.17) is 14.6 Å². The van der Waals surface area contributed by atoms with E-state index >= 15 is 0 Å². The third-order valence-electron chi connectivity index (χ3n) is 2.31. The van der Waals surface area contributed by atoms with Crippen molar-refractivity contribution in [1.29, 1.82) is 0 Å². The SMILES string of the molecule is CCCOc1c(OCC)cc(/C=C/C(=O)O)c(Br)c1Br. The molecule has 0 aliphatic carbocycles. The van der Waals surface area contributed by atoms with Crippen molar-refractivity contribution < 1.29 is 19.4 Å². The highest BCUT2D eigenvalue weighted by molar-refractivity contribution is 9.13. The quantitative estimate of drug-likeness (QED) is 0.676. The number of rotatable bonds is 7. The highest BCUT2D eigenvalue weighted by Gasteiger charge is 2.16. The molecule has 110 valence electrons. The summed E-state index contributed by atoms with van der Waals surface area (Å²) in [5, 5.41) is 8.71. The Balaban J connectivity index is 3.26. The molecule has 1 aromatic rings. The van der Waals surface area contributed by atoms with Gasteiger partial charge in [-0.2, -0.15) is 0 Å². The summed E-state index contributed by atoms with van der Waals surface area (Å²) in [4.78, 5) is 10.6. The highest BCUT2D eigenvalue weighted by Crippen LogP contribution is 2.43. The minimum Gasteiger partial charge on any atom is -0.490 e. The lowest BCUT2D eigenvalue weighted by atomic mass is 10.2. The van der Waals surface area contributed by atoms with Gasteiger partial charge in [-0.3, -0.25) is 0 Å². The van der Waals surface area contributed by atoms with Crippen molar-refractivity contribution in [3.05, 3.63) is 26.7 Å². The van der Waals surface area contributed by atoms with Gasteiger partial charge in [-0.1, -0.05) is 6.92 Å².